The molecule has 1 aromatic heterocycles. The molecule has 0 spiro atoms. The van der Waals surface area contributed by atoms with Gasteiger partial charge in [-0.15, -0.1) is 0 Å². The highest BCUT2D eigenvalue weighted by Gasteiger charge is 2.46. The van der Waals surface area contributed by atoms with Crippen molar-refractivity contribution in [3.05, 3.63) is 59.8 Å². The quantitative estimate of drug-likeness (QED) is 0.843. The number of carbonyl (C=O) groups is 1. The second kappa shape index (κ2) is 7.21. The van der Waals surface area contributed by atoms with Crippen LogP contribution in [0.2, 0.25) is 0 Å². The first-order chi connectivity index (χ1) is 12.7. The third-order valence-corrected chi connectivity index (χ3v) is 5.54. The summed E-state index contributed by atoms with van der Waals surface area (Å²) >= 11 is 0. The van der Waals surface area contributed by atoms with Gasteiger partial charge in [-0.3, -0.25) is 9.69 Å². The number of fused-ring (bicyclic) bond motifs is 1. The van der Waals surface area contributed by atoms with Gasteiger partial charge in [-0.2, -0.15) is 0 Å². The zero-order chi connectivity index (χ0) is 18.1. The van der Waals surface area contributed by atoms with Crippen molar-refractivity contribution in [2.45, 2.75) is 25.1 Å². The van der Waals surface area contributed by atoms with Crippen LogP contribution in [0.4, 0.5) is 4.39 Å². The van der Waals surface area contributed by atoms with Crippen molar-refractivity contribution < 1.29 is 18.3 Å². The molecule has 2 saturated heterocycles. The van der Waals surface area contributed by atoms with E-state index < -0.39 is 0 Å². The fraction of sp³-hybridized carbons (Fsp3) is 0.450. The first-order valence-electron chi connectivity index (χ1n) is 9.00. The minimum Gasteiger partial charge on any atom is -0.468 e. The second-order valence-electron chi connectivity index (χ2n) is 7.08. The number of rotatable bonds is 4. The molecule has 0 saturated carbocycles. The Hall–Kier alpha value is -2.18. The van der Waals surface area contributed by atoms with Crippen LogP contribution in [0.5, 0.6) is 0 Å². The fourth-order valence-corrected chi connectivity index (χ4v) is 4.32. The first-order valence-corrected chi connectivity index (χ1v) is 9.00. The van der Waals surface area contributed by atoms with Crippen molar-refractivity contribution in [2.75, 3.05) is 26.7 Å². The van der Waals surface area contributed by atoms with Crippen molar-refractivity contribution in [1.82, 2.24) is 9.80 Å². The Kier molecular flexibility index (Phi) is 4.78. The van der Waals surface area contributed by atoms with Gasteiger partial charge in [-0.1, -0.05) is 6.07 Å². The molecule has 0 aliphatic carbocycles. The van der Waals surface area contributed by atoms with Crippen LogP contribution in [0, 0.1) is 11.7 Å². The molecule has 2 aliphatic heterocycles. The number of furan rings is 1. The normalized spacial score (nSPS) is 26.1. The zero-order valence-electron chi connectivity index (χ0n) is 14.8. The number of amides is 1. The average molecular weight is 358 g/mol. The fourth-order valence-electron chi connectivity index (χ4n) is 4.32. The Labute approximate surface area is 152 Å². The third kappa shape index (κ3) is 3.27. The van der Waals surface area contributed by atoms with E-state index in [1.165, 1.54) is 12.1 Å². The number of halogens is 1. The molecule has 2 aliphatic rings. The van der Waals surface area contributed by atoms with Crippen LogP contribution >= 0.6 is 0 Å². The predicted molar refractivity (Wildman–Crippen MR) is 94.1 cm³/mol. The number of methoxy groups -OCH3 is 1. The molecular weight excluding hydrogens is 335 g/mol. The van der Waals surface area contributed by atoms with E-state index in [1.807, 2.05) is 17.0 Å². The number of hydrogen-bond acceptors (Lipinski definition) is 4. The molecular formula is C20H23FN2O3. The summed E-state index contributed by atoms with van der Waals surface area (Å²) in [5.41, 5.74) is 0.407. The van der Waals surface area contributed by atoms with E-state index in [-0.39, 0.29) is 29.8 Å². The van der Waals surface area contributed by atoms with Gasteiger partial charge in [0.1, 0.15) is 11.6 Å². The summed E-state index contributed by atoms with van der Waals surface area (Å²) in [5, 5.41) is 0. The van der Waals surface area contributed by atoms with Crippen molar-refractivity contribution in [3.8, 4) is 0 Å². The van der Waals surface area contributed by atoms with Gasteiger partial charge in [-0.05, 0) is 36.8 Å². The van der Waals surface area contributed by atoms with Gasteiger partial charge in [0.25, 0.3) is 5.91 Å². The number of hydrogen-bond donors (Lipinski definition) is 0. The number of nitrogens with zero attached hydrogens (tertiary/aromatic N) is 2. The van der Waals surface area contributed by atoms with Crippen molar-refractivity contribution in [3.63, 3.8) is 0 Å². The second-order valence-corrected chi connectivity index (χ2v) is 7.08. The lowest BCUT2D eigenvalue weighted by Crippen LogP contribution is -2.53. The molecule has 5 nitrogen and oxygen atoms in total. The van der Waals surface area contributed by atoms with E-state index in [4.69, 9.17) is 9.15 Å². The van der Waals surface area contributed by atoms with Gasteiger partial charge in [-0.25, -0.2) is 4.39 Å². The largest absolute Gasteiger partial charge is 0.468 e. The third-order valence-electron chi connectivity index (χ3n) is 5.54. The smallest absolute Gasteiger partial charge is 0.254 e. The van der Waals surface area contributed by atoms with Gasteiger partial charge in [0, 0.05) is 38.2 Å². The lowest BCUT2D eigenvalue weighted by molar-refractivity contribution is -0.0157. The van der Waals surface area contributed by atoms with E-state index in [1.54, 1.807) is 25.5 Å². The number of benzene rings is 1. The molecule has 0 unspecified atom stereocenters. The van der Waals surface area contributed by atoms with Crippen LogP contribution in [0.3, 0.4) is 0 Å². The van der Waals surface area contributed by atoms with Crippen LogP contribution in [0.15, 0.2) is 47.1 Å². The Bertz CT molecular complexity index is 764. The maximum Gasteiger partial charge on any atom is 0.254 e. The Morgan fingerprint density at radius 2 is 2.19 bits per heavy atom. The molecule has 2 aromatic rings. The highest BCUT2D eigenvalue weighted by atomic mass is 19.1. The van der Waals surface area contributed by atoms with Crippen molar-refractivity contribution in [1.29, 1.82) is 0 Å². The molecule has 3 heterocycles. The molecule has 3 atom stereocenters. The molecule has 4 rings (SSSR count). The summed E-state index contributed by atoms with van der Waals surface area (Å²) in [6.07, 6.45) is 2.61. The van der Waals surface area contributed by atoms with Crippen LogP contribution < -0.4 is 0 Å². The average Bonchev–Trinajstić information content (AvgIpc) is 3.30. The van der Waals surface area contributed by atoms with Crippen molar-refractivity contribution >= 4 is 5.91 Å². The van der Waals surface area contributed by atoms with Crippen LogP contribution in [-0.2, 0) is 11.3 Å². The summed E-state index contributed by atoms with van der Waals surface area (Å²) in [7, 11) is 1.74. The van der Waals surface area contributed by atoms with E-state index in [0.717, 1.165) is 31.8 Å². The number of likely N-dealkylation sites (tertiary alicyclic amines) is 2. The lowest BCUT2D eigenvalue weighted by atomic mass is 9.88. The molecule has 26 heavy (non-hydrogen) atoms. The standard InChI is InChI=1S/C20H23FN2O3/c1-25-19-7-8-23(20(24)14-4-2-5-15(21)10-14)18-13-22(12-17(18)19)11-16-6-3-9-26-16/h2-6,9-10,17-19H,7-8,11-13H2,1H3/t17-,18+,19+/m0/s1. The van der Waals surface area contributed by atoms with E-state index in [9.17, 15) is 9.18 Å². The predicted octanol–water partition coefficient (Wildman–Crippen LogP) is 2.78. The Balaban J connectivity index is 1.54. The summed E-state index contributed by atoms with van der Waals surface area (Å²) < 4.78 is 24.7. The SMILES string of the molecule is CO[C@@H]1CCN(C(=O)c2cccc(F)c2)[C@@H]2CN(Cc3ccco3)C[C@@H]21. The molecule has 0 N–H and O–H groups in total. The highest BCUT2D eigenvalue weighted by Crippen LogP contribution is 2.34. The minimum absolute atomic E-state index is 0.0689. The van der Waals surface area contributed by atoms with Gasteiger partial charge in [0.15, 0.2) is 0 Å². The van der Waals surface area contributed by atoms with Crippen LogP contribution in [0.1, 0.15) is 22.5 Å². The highest BCUT2D eigenvalue weighted by molar-refractivity contribution is 5.94. The van der Waals surface area contributed by atoms with Crippen LogP contribution in [-0.4, -0.2) is 54.6 Å². The van der Waals surface area contributed by atoms with E-state index in [0.29, 0.717) is 12.1 Å². The zero-order valence-corrected chi connectivity index (χ0v) is 14.8. The number of carbonyl (C=O) groups excluding carboxylic acids is 1. The Morgan fingerprint density at radius 1 is 1.31 bits per heavy atom. The topological polar surface area (TPSA) is 45.9 Å². The number of ether oxygens (including phenoxy) is 1. The number of piperidine rings is 1. The van der Waals surface area contributed by atoms with Crippen molar-refractivity contribution in [2.24, 2.45) is 5.92 Å². The van der Waals surface area contributed by atoms with Gasteiger partial charge >= 0.3 is 0 Å². The van der Waals surface area contributed by atoms with Gasteiger partial charge in [0.05, 0.1) is 25.0 Å². The molecule has 2 fully saturated rings. The van der Waals surface area contributed by atoms with Gasteiger partial charge < -0.3 is 14.1 Å². The van der Waals surface area contributed by atoms with E-state index in [2.05, 4.69) is 4.90 Å². The lowest BCUT2D eigenvalue weighted by Gasteiger charge is -2.41. The molecule has 1 aromatic carbocycles. The maximum atomic E-state index is 13.5. The maximum absolute atomic E-state index is 13.5. The molecule has 1 amide bonds. The molecule has 138 valence electrons. The van der Waals surface area contributed by atoms with Gasteiger partial charge in [0.2, 0.25) is 0 Å². The first kappa shape index (κ1) is 17.2. The van der Waals surface area contributed by atoms with E-state index >= 15 is 0 Å². The summed E-state index contributed by atoms with van der Waals surface area (Å²) in [6.45, 7) is 2.98. The molecule has 6 heteroatoms. The summed E-state index contributed by atoms with van der Waals surface area (Å²) in [6, 6.07) is 9.85. The van der Waals surface area contributed by atoms with Crippen LogP contribution in [0.25, 0.3) is 0 Å². The Morgan fingerprint density at radius 3 is 2.92 bits per heavy atom. The summed E-state index contributed by atoms with van der Waals surface area (Å²) in [5.74, 6) is 0.681. The molecule has 0 radical (unpaired) electrons. The molecule has 0 bridgehead atoms. The summed E-state index contributed by atoms with van der Waals surface area (Å²) in [4.78, 5) is 17.2. The minimum atomic E-state index is -0.384. The monoisotopic (exact) mass is 358 g/mol.